The van der Waals surface area contributed by atoms with Crippen LogP contribution in [-0.4, -0.2) is 68.8 Å². The fraction of sp³-hybridized carbons (Fsp3) is 0.368. The summed E-state index contributed by atoms with van der Waals surface area (Å²) in [6.45, 7) is 6.10. The molecule has 152 valence electrons. The van der Waals surface area contributed by atoms with Gasteiger partial charge in [0.25, 0.3) is 0 Å². The Morgan fingerprint density at radius 1 is 1.17 bits per heavy atom. The molecule has 0 unspecified atom stereocenters. The third-order valence-corrected chi connectivity index (χ3v) is 5.49. The largest absolute Gasteiger partial charge is 0.494 e. The first-order valence-corrected chi connectivity index (χ1v) is 10.4. The van der Waals surface area contributed by atoms with Crippen molar-refractivity contribution in [1.29, 1.82) is 0 Å². The Labute approximate surface area is 172 Å². The summed E-state index contributed by atoms with van der Waals surface area (Å²) < 4.78 is 7.23. The molecule has 3 aromatic rings. The number of hydrogen-bond acceptors (Lipinski definition) is 7. The number of benzene rings is 1. The smallest absolute Gasteiger partial charge is 0.322 e. The second-order valence-corrected chi connectivity index (χ2v) is 7.55. The van der Waals surface area contributed by atoms with E-state index in [9.17, 15) is 4.79 Å². The van der Waals surface area contributed by atoms with E-state index in [0.29, 0.717) is 26.2 Å². The van der Waals surface area contributed by atoms with E-state index < -0.39 is 0 Å². The number of nitrogens with zero attached hydrogens (tertiary/aromatic N) is 6. The van der Waals surface area contributed by atoms with Crippen LogP contribution >= 0.6 is 11.3 Å². The van der Waals surface area contributed by atoms with Gasteiger partial charge >= 0.3 is 6.03 Å². The van der Waals surface area contributed by atoms with Gasteiger partial charge in [-0.2, -0.15) is 4.68 Å². The lowest BCUT2D eigenvalue weighted by atomic mass is 10.3. The Hall–Kier alpha value is -2.98. The van der Waals surface area contributed by atoms with Crippen LogP contribution in [0.2, 0.25) is 0 Å². The van der Waals surface area contributed by atoms with Gasteiger partial charge in [0.15, 0.2) is 5.82 Å². The van der Waals surface area contributed by atoms with Crippen LogP contribution in [0.25, 0.3) is 5.69 Å². The standard InChI is InChI=1S/C19H23N7O2S/c1-2-28-16-7-5-15(6-8-16)26-17(21-22-23-26)14-24-9-11-25(12-10-24)19(27)20-18-4-3-13-29-18/h3-8,13H,2,9-12,14H2,1H3,(H,20,27). The summed E-state index contributed by atoms with van der Waals surface area (Å²) in [7, 11) is 0. The van der Waals surface area contributed by atoms with Gasteiger partial charge in [0, 0.05) is 26.2 Å². The van der Waals surface area contributed by atoms with Crippen molar-refractivity contribution < 1.29 is 9.53 Å². The minimum atomic E-state index is -0.0497. The number of urea groups is 1. The number of hydrogen-bond donors (Lipinski definition) is 1. The SMILES string of the molecule is CCOc1ccc(-n2nnnc2CN2CCN(C(=O)Nc3cccs3)CC2)cc1. The van der Waals surface area contributed by atoms with Crippen molar-refractivity contribution in [3.8, 4) is 11.4 Å². The van der Waals surface area contributed by atoms with Gasteiger partial charge in [-0.15, -0.1) is 16.4 Å². The molecule has 0 spiro atoms. The fourth-order valence-electron chi connectivity index (χ4n) is 3.20. The van der Waals surface area contributed by atoms with Crippen molar-refractivity contribution in [2.45, 2.75) is 13.5 Å². The van der Waals surface area contributed by atoms with Crippen molar-refractivity contribution in [3.05, 3.63) is 47.6 Å². The van der Waals surface area contributed by atoms with E-state index in [1.807, 2.05) is 53.6 Å². The highest BCUT2D eigenvalue weighted by atomic mass is 32.1. The lowest BCUT2D eigenvalue weighted by molar-refractivity contribution is 0.140. The number of piperazine rings is 1. The molecule has 1 fully saturated rings. The van der Waals surface area contributed by atoms with Crippen LogP contribution in [0.5, 0.6) is 5.75 Å². The molecular formula is C19H23N7O2S. The molecule has 0 saturated carbocycles. The summed E-state index contributed by atoms with van der Waals surface area (Å²) in [4.78, 5) is 16.5. The van der Waals surface area contributed by atoms with Gasteiger partial charge in [-0.3, -0.25) is 10.2 Å². The maximum atomic E-state index is 12.4. The zero-order valence-corrected chi connectivity index (χ0v) is 17.0. The molecule has 9 nitrogen and oxygen atoms in total. The minimum absolute atomic E-state index is 0.0497. The number of nitrogens with one attached hydrogen (secondary N) is 1. The number of tetrazole rings is 1. The molecule has 0 radical (unpaired) electrons. The summed E-state index contributed by atoms with van der Waals surface area (Å²) in [5, 5.41) is 17.9. The van der Waals surface area contributed by atoms with Gasteiger partial charge in [0.2, 0.25) is 0 Å². The maximum Gasteiger partial charge on any atom is 0.322 e. The van der Waals surface area contributed by atoms with E-state index in [0.717, 1.165) is 35.4 Å². The number of carbonyl (C=O) groups excluding carboxylic acids is 1. The Morgan fingerprint density at radius 2 is 1.97 bits per heavy atom. The summed E-state index contributed by atoms with van der Waals surface area (Å²) in [5.41, 5.74) is 0.891. The third-order valence-electron chi connectivity index (χ3n) is 4.70. The molecule has 4 rings (SSSR count). The number of aromatic nitrogens is 4. The monoisotopic (exact) mass is 413 g/mol. The van der Waals surface area contributed by atoms with E-state index in [4.69, 9.17) is 4.74 Å². The van der Waals surface area contributed by atoms with Crippen LogP contribution < -0.4 is 10.1 Å². The highest BCUT2D eigenvalue weighted by Gasteiger charge is 2.23. The van der Waals surface area contributed by atoms with Crippen LogP contribution in [0.3, 0.4) is 0 Å². The van der Waals surface area contributed by atoms with Gasteiger partial charge < -0.3 is 9.64 Å². The topological polar surface area (TPSA) is 88.4 Å². The third kappa shape index (κ3) is 4.72. The zero-order chi connectivity index (χ0) is 20.1. The lowest BCUT2D eigenvalue weighted by Gasteiger charge is -2.34. The molecule has 1 aromatic carbocycles. The van der Waals surface area contributed by atoms with Gasteiger partial charge in [-0.25, -0.2) is 4.79 Å². The predicted octanol–water partition coefficient (Wildman–Crippen LogP) is 2.47. The van der Waals surface area contributed by atoms with Gasteiger partial charge in [0.05, 0.1) is 23.8 Å². The van der Waals surface area contributed by atoms with Gasteiger partial charge in [-0.1, -0.05) is 0 Å². The second-order valence-electron chi connectivity index (χ2n) is 6.60. The highest BCUT2D eigenvalue weighted by molar-refractivity contribution is 7.14. The molecule has 10 heteroatoms. The number of thiophene rings is 1. The molecule has 0 aliphatic carbocycles. The summed E-state index contributed by atoms with van der Waals surface area (Å²) in [6, 6.07) is 11.5. The molecule has 0 bridgehead atoms. The average molecular weight is 414 g/mol. The van der Waals surface area contributed by atoms with Crippen LogP contribution in [-0.2, 0) is 6.54 Å². The predicted molar refractivity (Wildman–Crippen MR) is 111 cm³/mol. The first-order chi connectivity index (χ1) is 14.2. The van der Waals surface area contributed by atoms with E-state index in [2.05, 4.69) is 25.7 Å². The number of ether oxygens (including phenoxy) is 1. The van der Waals surface area contributed by atoms with E-state index in [1.54, 1.807) is 4.68 Å². The Balaban J connectivity index is 1.33. The highest BCUT2D eigenvalue weighted by Crippen LogP contribution is 2.18. The normalized spacial score (nSPS) is 14.7. The summed E-state index contributed by atoms with van der Waals surface area (Å²) >= 11 is 1.52. The molecule has 1 aliphatic heterocycles. The van der Waals surface area contributed by atoms with Gasteiger partial charge in [0.1, 0.15) is 5.75 Å². The number of carbonyl (C=O) groups is 1. The minimum Gasteiger partial charge on any atom is -0.494 e. The quantitative estimate of drug-likeness (QED) is 0.668. The van der Waals surface area contributed by atoms with Crippen molar-refractivity contribution in [3.63, 3.8) is 0 Å². The van der Waals surface area contributed by atoms with E-state index in [1.165, 1.54) is 11.3 Å². The molecule has 2 amide bonds. The van der Waals surface area contributed by atoms with Crippen LogP contribution in [0, 0.1) is 0 Å². The molecule has 2 aromatic heterocycles. The summed E-state index contributed by atoms with van der Waals surface area (Å²) in [6.07, 6.45) is 0. The van der Waals surface area contributed by atoms with Crippen LogP contribution in [0.1, 0.15) is 12.7 Å². The van der Waals surface area contributed by atoms with Crippen LogP contribution in [0.4, 0.5) is 9.80 Å². The fourth-order valence-corrected chi connectivity index (χ4v) is 3.81. The molecule has 1 aliphatic rings. The van der Waals surface area contributed by atoms with E-state index >= 15 is 0 Å². The number of amides is 2. The molecule has 1 N–H and O–H groups in total. The Kier molecular flexibility index (Phi) is 6.01. The first kappa shape index (κ1) is 19.3. The molecule has 29 heavy (non-hydrogen) atoms. The second kappa shape index (κ2) is 9.01. The number of rotatable bonds is 6. The molecule has 1 saturated heterocycles. The average Bonchev–Trinajstić information content (AvgIpc) is 3.42. The van der Waals surface area contributed by atoms with Crippen LogP contribution in [0.15, 0.2) is 41.8 Å². The Bertz CT molecular complexity index is 918. The number of anilines is 1. The molecule has 0 atom stereocenters. The molecule has 3 heterocycles. The van der Waals surface area contributed by atoms with Gasteiger partial charge in [-0.05, 0) is 59.1 Å². The van der Waals surface area contributed by atoms with Crippen molar-refractivity contribution >= 4 is 22.4 Å². The Morgan fingerprint density at radius 3 is 2.66 bits per heavy atom. The molecular weight excluding hydrogens is 390 g/mol. The summed E-state index contributed by atoms with van der Waals surface area (Å²) in [5.74, 6) is 1.59. The maximum absolute atomic E-state index is 12.4. The van der Waals surface area contributed by atoms with Crippen molar-refractivity contribution in [2.24, 2.45) is 0 Å². The van der Waals surface area contributed by atoms with E-state index in [-0.39, 0.29) is 6.03 Å². The van der Waals surface area contributed by atoms with Crippen molar-refractivity contribution in [2.75, 3.05) is 38.1 Å². The first-order valence-electron chi connectivity index (χ1n) is 9.55. The lowest BCUT2D eigenvalue weighted by Crippen LogP contribution is -2.49. The van der Waals surface area contributed by atoms with Crippen molar-refractivity contribution in [1.82, 2.24) is 30.0 Å². The zero-order valence-electron chi connectivity index (χ0n) is 16.2.